The van der Waals surface area contributed by atoms with Crippen molar-refractivity contribution in [2.45, 2.75) is 12.6 Å². The summed E-state index contributed by atoms with van der Waals surface area (Å²) < 4.78 is 0. The van der Waals surface area contributed by atoms with Gasteiger partial charge in [0.05, 0.1) is 12.6 Å². The maximum absolute atomic E-state index is 13.2. The van der Waals surface area contributed by atoms with Crippen molar-refractivity contribution in [3.63, 3.8) is 0 Å². The number of nitrogens with zero attached hydrogens (tertiary/aromatic N) is 1. The number of ketones is 2. The van der Waals surface area contributed by atoms with Crippen LogP contribution in [0.15, 0.2) is 79.1 Å². The number of hydrogen-bond donors (Lipinski definition) is 0. The van der Waals surface area contributed by atoms with Crippen molar-refractivity contribution in [3.8, 4) is 0 Å². The lowest BCUT2D eigenvalue weighted by Gasteiger charge is -2.27. The Labute approximate surface area is 172 Å². The van der Waals surface area contributed by atoms with Crippen molar-refractivity contribution < 1.29 is 19.4 Å². The van der Waals surface area contributed by atoms with E-state index >= 15 is 0 Å². The predicted molar refractivity (Wildman–Crippen MR) is 107 cm³/mol. The molecule has 3 aromatic rings. The predicted octanol–water partition coefficient (Wildman–Crippen LogP) is 3.31. The molecule has 2 unspecified atom stereocenters. The molecule has 0 radical (unpaired) electrons. The third-order valence-electron chi connectivity index (χ3n) is 5.08. The van der Waals surface area contributed by atoms with Crippen molar-refractivity contribution in [1.29, 1.82) is 0 Å². The van der Waals surface area contributed by atoms with E-state index in [1.54, 1.807) is 67.0 Å². The maximum Gasteiger partial charge on any atom is 0.291 e. The minimum atomic E-state index is -1.10. The number of rotatable bonds is 5. The summed E-state index contributed by atoms with van der Waals surface area (Å²) >= 11 is 6.02. The Hall–Kier alpha value is -3.31. The van der Waals surface area contributed by atoms with Crippen LogP contribution >= 0.6 is 11.6 Å². The van der Waals surface area contributed by atoms with Gasteiger partial charge < -0.3 is 4.90 Å². The highest BCUT2D eigenvalue weighted by Crippen LogP contribution is 2.39. The average Bonchev–Trinajstić information content (AvgIpc) is 3.00. The number of aromatic amines is 1. The standard InChI is InChI=1S/C23H17ClN2O3/c24-18-10-8-16(9-11-18)20-19(21(27)17-6-2-1-3-7-17)22(28)23(29)26(20)14-15-5-4-12-25-13-15/h1-13,19-20H,14H2/p+1. The Bertz CT molecular complexity index is 1050. The molecule has 2 heterocycles. The Morgan fingerprint density at radius 1 is 0.966 bits per heavy atom. The van der Waals surface area contributed by atoms with Crippen LogP contribution in [0.2, 0.25) is 5.02 Å². The number of carbonyl (C=O) groups excluding carboxylic acids is 3. The molecule has 144 valence electrons. The highest BCUT2D eigenvalue weighted by molar-refractivity contribution is 6.44. The molecule has 4 rings (SSSR count). The van der Waals surface area contributed by atoms with Crippen molar-refractivity contribution in [3.05, 3.63) is 101 Å². The summed E-state index contributed by atoms with van der Waals surface area (Å²) in [5.41, 5.74) is 1.94. The number of likely N-dealkylation sites (tertiary alicyclic amines) is 1. The van der Waals surface area contributed by atoms with Gasteiger partial charge in [-0.3, -0.25) is 14.4 Å². The molecule has 1 N–H and O–H groups in total. The fourth-order valence-electron chi connectivity index (χ4n) is 3.70. The molecule has 2 aromatic carbocycles. The summed E-state index contributed by atoms with van der Waals surface area (Å²) in [5, 5.41) is 0.541. The van der Waals surface area contributed by atoms with E-state index in [-0.39, 0.29) is 12.3 Å². The Morgan fingerprint density at radius 2 is 1.69 bits per heavy atom. The van der Waals surface area contributed by atoms with Gasteiger partial charge in [-0.15, -0.1) is 0 Å². The van der Waals surface area contributed by atoms with Crippen LogP contribution in [0.25, 0.3) is 0 Å². The summed E-state index contributed by atoms with van der Waals surface area (Å²) in [4.78, 5) is 43.5. The first-order chi connectivity index (χ1) is 14.1. The monoisotopic (exact) mass is 405 g/mol. The number of Topliss-reactive ketones (excluding diaryl/α,β-unsaturated/α-hetero) is 2. The summed E-state index contributed by atoms with van der Waals surface area (Å²) in [6.45, 7) is 0.216. The first kappa shape index (κ1) is 19.0. The molecule has 1 aliphatic rings. The van der Waals surface area contributed by atoms with E-state index in [4.69, 9.17) is 11.6 Å². The molecule has 1 amide bonds. The van der Waals surface area contributed by atoms with Gasteiger partial charge in [0.1, 0.15) is 5.92 Å². The largest absolute Gasteiger partial charge is 0.323 e. The molecule has 0 aliphatic carbocycles. The molecule has 29 heavy (non-hydrogen) atoms. The van der Waals surface area contributed by atoms with Crippen LogP contribution < -0.4 is 4.98 Å². The Morgan fingerprint density at radius 3 is 2.34 bits per heavy atom. The zero-order valence-corrected chi connectivity index (χ0v) is 16.2. The molecule has 1 aliphatic heterocycles. The molecule has 1 saturated heterocycles. The minimum Gasteiger partial charge on any atom is -0.323 e. The second kappa shape index (κ2) is 7.97. The number of halogens is 1. The third-order valence-corrected chi connectivity index (χ3v) is 5.33. The van der Waals surface area contributed by atoms with Gasteiger partial charge in [-0.2, -0.15) is 0 Å². The summed E-state index contributed by atoms with van der Waals surface area (Å²) in [6.07, 6.45) is 3.53. The molecule has 0 bridgehead atoms. The topological polar surface area (TPSA) is 68.6 Å². The average molecular weight is 406 g/mol. The second-order valence-corrected chi connectivity index (χ2v) is 7.35. The second-order valence-electron chi connectivity index (χ2n) is 6.91. The van der Waals surface area contributed by atoms with Gasteiger partial charge in [-0.05, 0) is 23.8 Å². The van der Waals surface area contributed by atoms with Crippen LogP contribution in [0.1, 0.15) is 27.5 Å². The Kier molecular flexibility index (Phi) is 5.23. The van der Waals surface area contributed by atoms with E-state index in [1.165, 1.54) is 4.90 Å². The van der Waals surface area contributed by atoms with Crippen LogP contribution in [0, 0.1) is 5.92 Å². The molecule has 0 spiro atoms. The molecule has 5 nitrogen and oxygen atoms in total. The van der Waals surface area contributed by atoms with Crippen LogP contribution in [0.3, 0.4) is 0 Å². The minimum absolute atomic E-state index is 0.216. The van der Waals surface area contributed by atoms with E-state index in [0.717, 1.165) is 5.56 Å². The highest BCUT2D eigenvalue weighted by atomic mass is 35.5. The number of carbonyl (C=O) groups is 3. The van der Waals surface area contributed by atoms with Crippen molar-refractivity contribution in [2.24, 2.45) is 5.92 Å². The molecular weight excluding hydrogens is 388 g/mol. The molecule has 2 atom stereocenters. The van der Waals surface area contributed by atoms with Crippen molar-refractivity contribution in [2.75, 3.05) is 0 Å². The fraction of sp³-hybridized carbons (Fsp3) is 0.130. The van der Waals surface area contributed by atoms with E-state index in [1.807, 2.05) is 12.1 Å². The lowest BCUT2D eigenvalue weighted by molar-refractivity contribution is -0.378. The Balaban J connectivity index is 1.78. The van der Waals surface area contributed by atoms with E-state index in [2.05, 4.69) is 4.98 Å². The van der Waals surface area contributed by atoms with Gasteiger partial charge in [-0.1, -0.05) is 54.1 Å². The normalized spacial score (nSPS) is 18.9. The van der Waals surface area contributed by atoms with E-state index in [0.29, 0.717) is 16.1 Å². The fourth-order valence-corrected chi connectivity index (χ4v) is 3.82. The maximum atomic E-state index is 13.2. The number of amides is 1. The number of H-pyrrole nitrogens is 1. The number of pyridine rings is 1. The number of benzene rings is 2. The van der Waals surface area contributed by atoms with Crippen molar-refractivity contribution >= 4 is 29.1 Å². The lowest BCUT2D eigenvalue weighted by atomic mass is 9.86. The van der Waals surface area contributed by atoms with Crippen molar-refractivity contribution in [1.82, 2.24) is 4.90 Å². The van der Waals surface area contributed by atoms with Crippen LogP contribution in [0.4, 0.5) is 0 Å². The molecule has 0 saturated carbocycles. The van der Waals surface area contributed by atoms with Gasteiger partial charge >= 0.3 is 0 Å². The SMILES string of the molecule is O=C1C(=O)N(Cc2ccc[nH+]c2)C(c2ccc(Cl)cc2)C1C(=O)c1ccccc1. The van der Waals surface area contributed by atoms with Gasteiger partial charge in [0.15, 0.2) is 18.2 Å². The summed E-state index contributed by atoms with van der Waals surface area (Å²) in [7, 11) is 0. The lowest BCUT2D eigenvalue weighted by Crippen LogP contribution is -2.30. The molecule has 1 fully saturated rings. The summed E-state index contributed by atoms with van der Waals surface area (Å²) in [6, 6.07) is 18.5. The quantitative estimate of drug-likeness (QED) is 0.371. The highest BCUT2D eigenvalue weighted by Gasteiger charge is 2.51. The van der Waals surface area contributed by atoms with Gasteiger partial charge in [-0.25, -0.2) is 4.98 Å². The third kappa shape index (κ3) is 3.69. The van der Waals surface area contributed by atoms with Gasteiger partial charge in [0.25, 0.3) is 5.91 Å². The molecule has 1 aromatic heterocycles. The number of hydrogen-bond acceptors (Lipinski definition) is 3. The van der Waals surface area contributed by atoms with Gasteiger partial charge in [0, 0.05) is 22.2 Å². The number of nitrogens with one attached hydrogen (secondary N) is 1. The first-order valence-corrected chi connectivity index (χ1v) is 9.58. The smallest absolute Gasteiger partial charge is 0.291 e. The van der Waals surface area contributed by atoms with E-state index < -0.39 is 23.7 Å². The summed E-state index contributed by atoms with van der Waals surface area (Å²) in [5.74, 6) is -2.79. The van der Waals surface area contributed by atoms with E-state index in [9.17, 15) is 14.4 Å². The van der Waals surface area contributed by atoms with Gasteiger partial charge in [0.2, 0.25) is 5.78 Å². The zero-order chi connectivity index (χ0) is 20.4. The number of aromatic nitrogens is 1. The molecular formula is C23H18ClN2O3+. The molecule has 6 heteroatoms. The first-order valence-electron chi connectivity index (χ1n) is 9.21. The van der Waals surface area contributed by atoms with Crippen LogP contribution in [0.5, 0.6) is 0 Å². The zero-order valence-electron chi connectivity index (χ0n) is 15.4. The van der Waals surface area contributed by atoms with Crippen LogP contribution in [-0.4, -0.2) is 22.4 Å². The van der Waals surface area contributed by atoms with Crippen LogP contribution in [-0.2, 0) is 16.1 Å².